The van der Waals surface area contributed by atoms with E-state index >= 15 is 0 Å². The molecule has 0 aromatic rings. The van der Waals surface area contributed by atoms with E-state index < -0.39 is 23.7 Å². The van der Waals surface area contributed by atoms with Gasteiger partial charge in [0.1, 0.15) is 5.60 Å². The van der Waals surface area contributed by atoms with Gasteiger partial charge in [0, 0.05) is 0 Å². The highest BCUT2D eigenvalue weighted by Crippen LogP contribution is 2.34. The van der Waals surface area contributed by atoms with Crippen LogP contribution in [0.2, 0.25) is 0 Å². The Hall–Kier alpha value is -0.690. The van der Waals surface area contributed by atoms with Crippen molar-refractivity contribution in [2.75, 3.05) is 0 Å². The maximum atomic E-state index is 11.7. The van der Waals surface area contributed by atoms with Gasteiger partial charge in [-0.25, -0.2) is 0 Å². The molecule has 4 atom stereocenters. The average molecular weight is 245 g/mol. The third kappa shape index (κ3) is 3.16. The third-order valence-electron chi connectivity index (χ3n) is 2.61. The van der Waals surface area contributed by atoms with Crippen LogP contribution in [0.4, 0.5) is 0 Å². The van der Waals surface area contributed by atoms with Gasteiger partial charge in [0.05, 0.1) is 12.5 Å². The van der Waals surface area contributed by atoms with Gasteiger partial charge in [0.15, 0.2) is 12.0 Å². The third-order valence-corrected chi connectivity index (χ3v) is 2.61. The number of morpholine rings is 1. The first kappa shape index (κ1) is 12.8. The highest BCUT2D eigenvalue weighted by molar-refractivity contribution is 5.70. The normalized spacial score (nSPS) is 40.6. The van der Waals surface area contributed by atoms with Crippen LogP contribution in [0, 0.1) is 0 Å². The number of nitrogens with one attached hydrogen (secondary N) is 1. The molecule has 0 aromatic carbocycles. The van der Waals surface area contributed by atoms with Gasteiger partial charge in [0.25, 0.3) is 0 Å². The first-order chi connectivity index (χ1) is 7.67. The van der Waals surface area contributed by atoms with Gasteiger partial charge in [0.2, 0.25) is 6.29 Å². The van der Waals surface area contributed by atoms with Crippen LogP contribution in [-0.2, 0) is 19.0 Å². The first-order valence-corrected chi connectivity index (χ1v) is 5.71. The molecule has 0 aliphatic carbocycles. The number of hydrogen-bond acceptors (Lipinski definition) is 6. The molecule has 0 saturated carbocycles. The van der Waals surface area contributed by atoms with Crippen molar-refractivity contribution in [3.05, 3.63) is 0 Å². The molecule has 2 heterocycles. The van der Waals surface area contributed by atoms with E-state index in [0.29, 0.717) is 0 Å². The van der Waals surface area contributed by atoms with E-state index in [1.54, 1.807) is 20.8 Å². The predicted molar refractivity (Wildman–Crippen MR) is 57.8 cm³/mol. The summed E-state index contributed by atoms with van der Waals surface area (Å²) in [5.74, 6) is -1.80. The van der Waals surface area contributed by atoms with E-state index in [1.165, 1.54) is 6.92 Å². The molecule has 17 heavy (non-hydrogen) atoms. The number of carbonyl (C=O) groups excluding carboxylic acids is 1. The Morgan fingerprint density at radius 2 is 2.18 bits per heavy atom. The SMILES string of the molecule is CC(C)(C)OC(=O)CC1NC2OC2OC1(C)O. The van der Waals surface area contributed by atoms with Crippen molar-refractivity contribution in [1.82, 2.24) is 5.32 Å². The molecule has 0 radical (unpaired) electrons. The van der Waals surface area contributed by atoms with Crippen LogP contribution < -0.4 is 5.32 Å². The van der Waals surface area contributed by atoms with E-state index in [2.05, 4.69) is 5.32 Å². The molecule has 6 nitrogen and oxygen atoms in total. The van der Waals surface area contributed by atoms with Crippen LogP contribution in [-0.4, -0.2) is 41.0 Å². The molecule has 2 aliphatic rings. The number of hydrogen-bond donors (Lipinski definition) is 2. The summed E-state index contributed by atoms with van der Waals surface area (Å²) in [5, 5.41) is 13.0. The number of carbonyl (C=O) groups is 1. The Balaban J connectivity index is 1.91. The lowest BCUT2D eigenvalue weighted by Gasteiger charge is -2.35. The van der Waals surface area contributed by atoms with Crippen molar-refractivity contribution in [2.45, 2.75) is 64.1 Å². The van der Waals surface area contributed by atoms with Gasteiger partial charge in [-0.05, 0) is 27.7 Å². The van der Waals surface area contributed by atoms with Gasteiger partial charge < -0.3 is 19.3 Å². The first-order valence-electron chi connectivity index (χ1n) is 5.71. The van der Waals surface area contributed by atoms with Gasteiger partial charge in [-0.1, -0.05) is 0 Å². The second-order valence-corrected chi connectivity index (χ2v) is 5.61. The maximum Gasteiger partial charge on any atom is 0.308 e. The van der Waals surface area contributed by atoms with Crippen LogP contribution in [0.25, 0.3) is 0 Å². The molecule has 0 bridgehead atoms. The molecule has 2 saturated heterocycles. The molecular formula is C11H19NO5. The molecule has 2 rings (SSSR count). The Morgan fingerprint density at radius 3 is 2.76 bits per heavy atom. The van der Waals surface area contributed by atoms with Crippen LogP contribution in [0.3, 0.4) is 0 Å². The lowest BCUT2D eigenvalue weighted by atomic mass is 10.0. The molecule has 2 N–H and O–H groups in total. The van der Waals surface area contributed by atoms with Crippen molar-refractivity contribution in [2.24, 2.45) is 0 Å². The van der Waals surface area contributed by atoms with E-state index in [4.69, 9.17) is 14.2 Å². The van der Waals surface area contributed by atoms with E-state index in [-0.39, 0.29) is 18.6 Å². The lowest BCUT2D eigenvalue weighted by Crippen LogP contribution is -2.57. The Kier molecular flexibility index (Phi) is 2.94. The second kappa shape index (κ2) is 3.91. The highest BCUT2D eigenvalue weighted by Gasteiger charge is 2.55. The Morgan fingerprint density at radius 1 is 1.53 bits per heavy atom. The zero-order valence-electron chi connectivity index (χ0n) is 10.5. The zero-order valence-corrected chi connectivity index (χ0v) is 10.5. The smallest absolute Gasteiger partial charge is 0.308 e. The van der Waals surface area contributed by atoms with Crippen LogP contribution in [0.15, 0.2) is 0 Å². The van der Waals surface area contributed by atoms with E-state index in [9.17, 15) is 9.90 Å². The van der Waals surface area contributed by atoms with Crippen LogP contribution in [0.5, 0.6) is 0 Å². The summed E-state index contributed by atoms with van der Waals surface area (Å²) in [4.78, 5) is 11.7. The predicted octanol–water partition coefficient (Wildman–Crippen LogP) is 0.0975. The summed E-state index contributed by atoms with van der Waals surface area (Å²) < 4.78 is 15.5. The summed E-state index contributed by atoms with van der Waals surface area (Å²) in [7, 11) is 0. The lowest BCUT2D eigenvalue weighted by molar-refractivity contribution is -0.242. The average Bonchev–Trinajstić information content (AvgIpc) is 2.77. The Labute approximate surface area is 100 Å². The minimum atomic E-state index is -1.42. The largest absolute Gasteiger partial charge is 0.460 e. The molecule has 2 aliphatic heterocycles. The van der Waals surface area contributed by atoms with Crippen LogP contribution >= 0.6 is 0 Å². The van der Waals surface area contributed by atoms with Crippen molar-refractivity contribution < 1.29 is 24.1 Å². The number of epoxide rings is 1. The number of fused-ring (bicyclic) bond motifs is 1. The second-order valence-electron chi connectivity index (χ2n) is 5.61. The topological polar surface area (TPSA) is 80.3 Å². The number of esters is 1. The summed E-state index contributed by atoms with van der Waals surface area (Å²) in [6.07, 6.45) is -0.584. The fraction of sp³-hybridized carbons (Fsp3) is 0.909. The van der Waals surface area contributed by atoms with Crippen molar-refractivity contribution in [3.8, 4) is 0 Å². The van der Waals surface area contributed by atoms with Gasteiger partial charge in [-0.3, -0.25) is 10.1 Å². The van der Waals surface area contributed by atoms with Gasteiger partial charge >= 0.3 is 5.97 Å². The molecule has 2 fully saturated rings. The number of ether oxygens (including phenoxy) is 3. The molecule has 4 unspecified atom stereocenters. The summed E-state index contributed by atoms with van der Waals surface area (Å²) in [6, 6.07) is -0.527. The molecule has 0 spiro atoms. The maximum absolute atomic E-state index is 11.7. The molecular weight excluding hydrogens is 226 g/mol. The van der Waals surface area contributed by atoms with E-state index in [1.807, 2.05) is 0 Å². The van der Waals surface area contributed by atoms with Crippen molar-refractivity contribution in [3.63, 3.8) is 0 Å². The number of rotatable bonds is 2. The minimum absolute atomic E-state index is 0.0385. The molecule has 6 heteroatoms. The standard InChI is InChI=1S/C11H19NO5/c1-10(2,3)16-7(13)5-6-11(4,14)17-9-8(12-6)15-9/h6,8-9,12,14H,5H2,1-4H3. The zero-order chi connectivity index (χ0) is 12.8. The van der Waals surface area contributed by atoms with E-state index in [0.717, 1.165) is 0 Å². The summed E-state index contributed by atoms with van der Waals surface area (Å²) in [6.45, 7) is 6.91. The Bertz CT molecular complexity index is 322. The molecule has 0 aromatic heterocycles. The minimum Gasteiger partial charge on any atom is -0.460 e. The quantitative estimate of drug-likeness (QED) is 0.530. The fourth-order valence-electron chi connectivity index (χ4n) is 1.77. The molecule has 0 amide bonds. The monoisotopic (exact) mass is 245 g/mol. The van der Waals surface area contributed by atoms with Gasteiger partial charge in [-0.15, -0.1) is 0 Å². The summed E-state index contributed by atoms with van der Waals surface area (Å²) >= 11 is 0. The number of aliphatic hydroxyl groups is 1. The van der Waals surface area contributed by atoms with Crippen molar-refractivity contribution >= 4 is 5.97 Å². The summed E-state index contributed by atoms with van der Waals surface area (Å²) in [5.41, 5.74) is -0.531. The fourth-order valence-corrected chi connectivity index (χ4v) is 1.77. The van der Waals surface area contributed by atoms with Crippen molar-refractivity contribution in [1.29, 1.82) is 0 Å². The molecule has 98 valence electrons. The van der Waals surface area contributed by atoms with Crippen LogP contribution in [0.1, 0.15) is 34.1 Å². The van der Waals surface area contributed by atoms with Gasteiger partial charge in [-0.2, -0.15) is 0 Å². The highest BCUT2D eigenvalue weighted by atomic mass is 16.8.